The fourth-order valence-electron chi connectivity index (χ4n) is 1.91. The molecular weight excluding hydrogens is 204 g/mol. The molecule has 0 bridgehead atoms. The first-order chi connectivity index (χ1) is 6.94. The molecule has 0 saturated carbocycles. The normalized spacial score (nSPS) is 43.6. The van der Waals surface area contributed by atoms with Crippen LogP contribution in [0, 0.1) is 0 Å². The second kappa shape index (κ2) is 3.41. The lowest BCUT2D eigenvalue weighted by Gasteiger charge is -2.32. The molecule has 86 valence electrons. The molecule has 2 heterocycles. The van der Waals surface area contributed by atoms with Crippen LogP contribution in [0.25, 0.3) is 0 Å². The zero-order chi connectivity index (χ0) is 11.2. The van der Waals surface area contributed by atoms with E-state index in [2.05, 4.69) is 0 Å². The van der Waals surface area contributed by atoms with E-state index in [4.69, 9.17) is 19.3 Å². The number of esters is 1. The van der Waals surface area contributed by atoms with Crippen LogP contribution in [0.15, 0.2) is 0 Å². The van der Waals surface area contributed by atoms with Crippen molar-refractivity contribution in [3.63, 3.8) is 0 Å². The van der Waals surface area contributed by atoms with Gasteiger partial charge in [0.15, 0.2) is 18.0 Å². The highest BCUT2D eigenvalue weighted by molar-refractivity contribution is 5.76. The van der Waals surface area contributed by atoms with Gasteiger partial charge < -0.3 is 24.4 Å². The van der Waals surface area contributed by atoms with Crippen molar-refractivity contribution in [2.24, 2.45) is 0 Å². The average Bonchev–Trinajstić information content (AvgIpc) is 2.48. The Morgan fingerprint density at radius 2 is 1.93 bits per heavy atom. The fraction of sp³-hybridized carbons (Fsp3) is 0.889. The molecule has 2 aliphatic heterocycles. The largest absolute Gasteiger partial charge is 0.455 e. The molecule has 4 atom stereocenters. The molecular formula is C9H14O6. The predicted octanol–water partition coefficient (Wildman–Crippen LogP) is -1.21. The van der Waals surface area contributed by atoms with Crippen LogP contribution in [0.3, 0.4) is 0 Å². The summed E-state index contributed by atoms with van der Waals surface area (Å²) >= 11 is 0. The smallest absolute Gasteiger partial charge is 0.338 e. The number of cyclic esters (lactones) is 1. The van der Waals surface area contributed by atoms with Crippen molar-refractivity contribution < 1.29 is 29.2 Å². The number of aliphatic hydroxyl groups excluding tert-OH is 2. The summed E-state index contributed by atoms with van der Waals surface area (Å²) in [4.78, 5) is 11.2. The molecule has 0 unspecified atom stereocenters. The topological polar surface area (TPSA) is 85.2 Å². The van der Waals surface area contributed by atoms with Gasteiger partial charge in [-0.2, -0.15) is 0 Å². The molecule has 0 spiro atoms. The maximum atomic E-state index is 11.2. The predicted molar refractivity (Wildman–Crippen MR) is 46.8 cm³/mol. The average molecular weight is 218 g/mol. The molecule has 0 aromatic heterocycles. The molecule has 2 fully saturated rings. The van der Waals surface area contributed by atoms with Gasteiger partial charge in [0.2, 0.25) is 0 Å². The van der Waals surface area contributed by atoms with Crippen molar-refractivity contribution >= 4 is 5.97 Å². The monoisotopic (exact) mass is 218 g/mol. The molecule has 0 aromatic carbocycles. The Hall–Kier alpha value is -0.690. The first-order valence-corrected chi connectivity index (χ1v) is 4.79. The minimum Gasteiger partial charge on any atom is -0.455 e. The summed E-state index contributed by atoms with van der Waals surface area (Å²) in [7, 11) is 0. The number of fused-ring (bicyclic) bond motifs is 1. The lowest BCUT2D eigenvalue weighted by Crippen LogP contribution is -2.55. The second-order valence-electron chi connectivity index (χ2n) is 4.17. The Labute approximate surface area is 86.7 Å². The van der Waals surface area contributed by atoms with Gasteiger partial charge in [-0.15, -0.1) is 0 Å². The quantitative estimate of drug-likeness (QED) is 0.537. The molecule has 2 rings (SSSR count). The van der Waals surface area contributed by atoms with E-state index in [1.165, 1.54) is 0 Å². The third-order valence-electron chi connectivity index (χ3n) is 2.53. The van der Waals surface area contributed by atoms with Gasteiger partial charge in [0.1, 0.15) is 12.2 Å². The third-order valence-corrected chi connectivity index (χ3v) is 2.53. The Morgan fingerprint density at radius 1 is 1.33 bits per heavy atom. The van der Waals surface area contributed by atoms with Crippen LogP contribution in [0.1, 0.15) is 13.8 Å². The summed E-state index contributed by atoms with van der Waals surface area (Å²) < 4.78 is 15.6. The highest BCUT2D eigenvalue weighted by Crippen LogP contribution is 2.35. The molecule has 2 aliphatic rings. The van der Waals surface area contributed by atoms with Crippen LogP contribution in [0.4, 0.5) is 0 Å². The number of ether oxygens (including phenoxy) is 3. The molecule has 6 heteroatoms. The van der Waals surface area contributed by atoms with Gasteiger partial charge in [0.05, 0.1) is 6.61 Å². The lowest BCUT2D eigenvalue weighted by molar-refractivity contribution is -0.189. The van der Waals surface area contributed by atoms with Gasteiger partial charge >= 0.3 is 5.97 Å². The van der Waals surface area contributed by atoms with Crippen LogP contribution < -0.4 is 0 Å². The number of carbonyl (C=O) groups is 1. The van der Waals surface area contributed by atoms with Crippen molar-refractivity contribution in [2.45, 2.75) is 44.1 Å². The fourth-order valence-corrected chi connectivity index (χ4v) is 1.91. The Bertz CT molecular complexity index is 276. The van der Waals surface area contributed by atoms with Gasteiger partial charge in [-0.05, 0) is 13.8 Å². The highest BCUT2D eigenvalue weighted by Gasteiger charge is 2.55. The molecule has 0 radical (unpaired) electrons. The number of hydrogen-bond acceptors (Lipinski definition) is 6. The minimum absolute atomic E-state index is 0.348. The summed E-state index contributed by atoms with van der Waals surface area (Å²) in [6.45, 7) is 3.01. The van der Waals surface area contributed by atoms with Crippen LogP contribution in [-0.4, -0.2) is 53.0 Å². The highest BCUT2D eigenvalue weighted by atomic mass is 16.8. The number of aliphatic hydroxyl groups is 2. The second-order valence-corrected chi connectivity index (χ2v) is 4.17. The van der Waals surface area contributed by atoms with Crippen LogP contribution in [-0.2, 0) is 19.0 Å². The Kier molecular flexibility index (Phi) is 2.46. The molecule has 2 N–H and O–H groups in total. The van der Waals surface area contributed by atoms with Crippen molar-refractivity contribution in [1.82, 2.24) is 0 Å². The van der Waals surface area contributed by atoms with Gasteiger partial charge in [0, 0.05) is 0 Å². The van der Waals surface area contributed by atoms with Crippen LogP contribution >= 0.6 is 0 Å². The van der Waals surface area contributed by atoms with E-state index >= 15 is 0 Å². The van der Waals surface area contributed by atoms with E-state index in [-0.39, 0.29) is 6.61 Å². The van der Waals surface area contributed by atoms with Gasteiger partial charge in [-0.25, -0.2) is 4.79 Å². The molecule has 6 nitrogen and oxygen atoms in total. The van der Waals surface area contributed by atoms with Crippen molar-refractivity contribution in [1.29, 1.82) is 0 Å². The number of carbonyl (C=O) groups excluding carboxylic acids is 1. The van der Waals surface area contributed by atoms with E-state index in [1.807, 2.05) is 0 Å². The molecule has 0 aromatic rings. The first-order valence-electron chi connectivity index (χ1n) is 4.79. The van der Waals surface area contributed by atoms with Crippen LogP contribution in [0.5, 0.6) is 0 Å². The zero-order valence-electron chi connectivity index (χ0n) is 8.54. The standard InChI is InChI=1S/C9H14O6/c1-9(2)14-6-4(3-10)13-8(12)5(11)7(6)15-9/h4-7,10-11H,3H2,1-2H3/t4-,5+,6-,7+/m1/s1. The van der Waals surface area contributed by atoms with Crippen molar-refractivity contribution in [3.8, 4) is 0 Å². The first kappa shape index (κ1) is 10.8. The van der Waals surface area contributed by atoms with Crippen molar-refractivity contribution in [3.05, 3.63) is 0 Å². The van der Waals surface area contributed by atoms with E-state index in [9.17, 15) is 9.90 Å². The molecule has 0 amide bonds. The number of hydrogen-bond donors (Lipinski definition) is 2. The lowest BCUT2D eigenvalue weighted by atomic mass is 10.0. The third kappa shape index (κ3) is 1.74. The molecule has 15 heavy (non-hydrogen) atoms. The van der Waals surface area contributed by atoms with Crippen molar-refractivity contribution in [2.75, 3.05) is 6.61 Å². The van der Waals surface area contributed by atoms with Gasteiger partial charge in [-0.3, -0.25) is 0 Å². The Balaban J connectivity index is 2.22. The minimum atomic E-state index is -1.35. The Morgan fingerprint density at radius 3 is 2.53 bits per heavy atom. The van der Waals surface area contributed by atoms with Gasteiger partial charge in [-0.1, -0.05) is 0 Å². The summed E-state index contributed by atoms with van der Waals surface area (Å²) in [6, 6.07) is 0. The van der Waals surface area contributed by atoms with E-state index in [0.717, 1.165) is 0 Å². The molecule has 0 aliphatic carbocycles. The maximum absolute atomic E-state index is 11.2. The summed E-state index contributed by atoms with van der Waals surface area (Å²) in [5, 5.41) is 18.6. The van der Waals surface area contributed by atoms with Crippen LogP contribution in [0.2, 0.25) is 0 Å². The van der Waals surface area contributed by atoms with E-state index in [1.54, 1.807) is 13.8 Å². The van der Waals surface area contributed by atoms with Gasteiger partial charge in [0.25, 0.3) is 0 Å². The zero-order valence-corrected chi connectivity index (χ0v) is 8.54. The summed E-state index contributed by atoms with van der Waals surface area (Å²) in [5.41, 5.74) is 0. The SMILES string of the molecule is CC1(C)O[C@@H]2[C@H](O1)[C@@H](CO)OC(=O)[C@H]2O. The molecule has 2 saturated heterocycles. The van der Waals surface area contributed by atoms with E-state index in [0.29, 0.717) is 0 Å². The summed E-state index contributed by atoms with van der Waals surface area (Å²) in [6.07, 6.45) is -3.50. The summed E-state index contributed by atoms with van der Waals surface area (Å²) in [5.74, 6) is -1.66. The van der Waals surface area contributed by atoms with E-state index < -0.39 is 36.2 Å². The maximum Gasteiger partial charge on any atom is 0.338 e. The number of rotatable bonds is 1.